The standard InChI is InChI=1S/C8H17N3O2S/c1-5(2)6(14)7(12)10-3-4-11-8(9)13/h5-6,14H,3-4H2,1-2H3,(H,10,12)(H3,9,11,13). The monoisotopic (exact) mass is 219 g/mol. The number of primary amides is 1. The third-order valence-electron chi connectivity index (χ3n) is 1.62. The Bertz CT molecular complexity index is 209. The van der Waals surface area contributed by atoms with Gasteiger partial charge in [-0.05, 0) is 5.92 Å². The molecule has 0 saturated carbocycles. The molecular formula is C8H17N3O2S. The van der Waals surface area contributed by atoms with Gasteiger partial charge in [0.2, 0.25) is 5.91 Å². The van der Waals surface area contributed by atoms with Crippen LogP contribution in [0.5, 0.6) is 0 Å². The summed E-state index contributed by atoms with van der Waals surface area (Å²) in [4.78, 5) is 21.6. The van der Waals surface area contributed by atoms with E-state index in [0.29, 0.717) is 13.1 Å². The van der Waals surface area contributed by atoms with E-state index in [1.807, 2.05) is 13.8 Å². The van der Waals surface area contributed by atoms with Crippen LogP contribution in [0, 0.1) is 5.92 Å². The Labute approximate surface area is 89.2 Å². The fourth-order valence-electron chi connectivity index (χ4n) is 0.779. The van der Waals surface area contributed by atoms with E-state index in [-0.39, 0.29) is 17.1 Å². The second-order valence-electron chi connectivity index (χ2n) is 3.27. The molecule has 4 N–H and O–H groups in total. The third kappa shape index (κ3) is 5.69. The average molecular weight is 219 g/mol. The Hall–Kier alpha value is -0.910. The van der Waals surface area contributed by atoms with Gasteiger partial charge in [-0.3, -0.25) is 4.79 Å². The van der Waals surface area contributed by atoms with E-state index in [9.17, 15) is 9.59 Å². The highest BCUT2D eigenvalue weighted by molar-refractivity contribution is 7.81. The number of nitrogens with one attached hydrogen (secondary N) is 2. The molecule has 0 radical (unpaired) electrons. The molecule has 0 aliphatic carbocycles. The van der Waals surface area contributed by atoms with E-state index < -0.39 is 6.03 Å². The molecule has 5 nitrogen and oxygen atoms in total. The number of thiol groups is 1. The van der Waals surface area contributed by atoms with E-state index in [4.69, 9.17) is 5.73 Å². The Kier molecular flexibility index (Phi) is 6.11. The zero-order chi connectivity index (χ0) is 11.1. The molecule has 0 aromatic carbocycles. The van der Waals surface area contributed by atoms with Gasteiger partial charge in [-0.25, -0.2) is 4.79 Å². The van der Waals surface area contributed by atoms with Crippen molar-refractivity contribution in [1.82, 2.24) is 10.6 Å². The highest BCUT2D eigenvalue weighted by Crippen LogP contribution is 2.07. The van der Waals surface area contributed by atoms with E-state index >= 15 is 0 Å². The Balaban J connectivity index is 3.59. The fraction of sp³-hybridized carbons (Fsp3) is 0.750. The van der Waals surface area contributed by atoms with Crippen LogP contribution in [0.15, 0.2) is 0 Å². The van der Waals surface area contributed by atoms with Crippen LogP contribution in [-0.2, 0) is 4.79 Å². The number of amides is 3. The third-order valence-corrected chi connectivity index (χ3v) is 2.45. The lowest BCUT2D eigenvalue weighted by Gasteiger charge is -2.14. The lowest BCUT2D eigenvalue weighted by molar-refractivity contribution is -0.121. The van der Waals surface area contributed by atoms with Crippen LogP contribution >= 0.6 is 12.6 Å². The van der Waals surface area contributed by atoms with E-state index in [1.54, 1.807) is 0 Å². The largest absolute Gasteiger partial charge is 0.353 e. The van der Waals surface area contributed by atoms with Crippen molar-refractivity contribution in [1.29, 1.82) is 0 Å². The Morgan fingerprint density at radius 1 is 1.29 bits per heavy atom. The Morgan fingerprint density at radius 2 is 1.79 bits per heavy atom. The van der Waals surface area contributed by atoms with E-state index in [1.165, 1.54) is 0 Å². The van der Waals surface area contributed by atoms with Crippen LogP contribution in [0.3, 0.4) is 0 Å². The van der Waals surface area contributed by atoms with Gasteiger partial charge in [0.15, 0.2) is 0 Å². The molecule has 0 aliphatic heterocycles. The maximum atomic E-state index is 11.3. The predicted molar refractivity (Wildman–Crippen MR) is 58.2 cm³/mol. The van der Waals surface area contributed by atoms with Crippen LogP contribution < -0.4 is 16.4 Å². The van der Waals surface area contributed by atoms with Crippen molar-refractivity contribution >= 4 is 24.6 Å². The number of carbonyl (C=O) groups excluding carboxylic acids is 2. The van der Waals surface area contributed by atoms with Gasteiger partial charge in [0.25, 0.3) is 0 Å². The molecule has 1 atom stereocenters. The summed E-state index contributed by atoms with van der Waals surface area (Å²) >= 11 is 4.14. The summed E-state index contributed by atoms with van der Waals surface area (Å²) in [6.07, 6.45) is 0. The first-order valence-electron chi connectivity index (χ1n) is 4.44. The molecule has 0 rings (SSSR count). The molecule has 0 aromatic heterocycles. The first kappa shape index (κ1) is 13.1. The van der Waals surface area contributed by atoms with Gasteiger partial charge in [-0.15, -0.1) is 0 Å². The predicted octanol–water partition coefficient (Wildman–Crippen LogP) is -0.275. The first-order valence-corrected chi connectivity index (χ1v) is 4.96. The summed E-state index contributed by atoms with van der Waals surface area (Å²) in [5.74, 6) is 0.0528. The molecular weight excluding hydrogens is 202 g/mol. The summed E-state index contributed by atoms with van der Waals surface area (Å²) in [6, 6.07) is -0.592. The minimum Gasteiger partial charge on any atom is -0.353 e. The van der Waals surface area contributed by atoms with Crippen LogP contribution in [-0.4, -0.2) is 30.3 Å². The lowest BCUT2D eigenvalue weighted by Crippen LogP contribution is -2.40. The van der Waals surface area contributed by atoms with E-state index in [2.05, 4.69) is 23.3 Å². The molecule has 14 heavy (non-hydrogen) atoms. The van der Waals surface area contributed by atoms with Crippen molar-refractivity contribution < 1.29 is 9.59 Å². The number of rotatable bonds is 5. The molecule has 1 unspecified atom stereocenters. The summed E-state index contributed by atoms with van der Waals surface area (Å²) in [5.41, 5.74) is 4.84. The number of hydrogen-bond acceptors (Lipinski definition) is 3. The molecule has 0 aromatic rings. The maximum Gasteiger partial charge on any atom is 0.312 e. The zero-order valence-corrected chi connectivity index (χ0v) is 9.30. The average Bonchev–Trinajstić information content (AvgIpc) is 2.10. The van der Waals surface area contributed by atoms with Gasteiger partial charge in [-0.1, -0.05) is 13.8 Å². The number of carbonyl (C=O) groups is 2. The topological polar surface area (TPSA) is 84.2 Å². The van der Waals surface area contributed by atoms with Gasteiger partial charge in [0.1, 0.15) is 0 Å². The van der Waals surface area contributed by atoms with Gasteiger partial charge >= 0.3 is 6.03 Å². The number of hydrogen-bond donors (Lipinski definition) is 4. The van der Waals surface area contributed by atoms with Crippen molar-refractivity contribution in [2.45, 2.75) is 19.1 Å². The lowest BCUT2D eigenvalue weighted by atomic mass is 10.1. The second kappa shape index (κ2) is 6.53. The SMILES string of the molecule is CC(C)C(S)C(=O)NCCNC(N)=O. The molecule has 82 valence electrons. The van der Waals surface area contributed by atoms with E-state index in [0.717, 1.165) is 0 Å². The number of urea groups is 1. The highest BCUT2D eigenvalue weighted by Gasteiger charge is 2.16. The minimum absolute atomic E-state index is 0.130. The van der Waals surface area contributed by atoms with Crippen molar-refractivity contribution in [3.05, 3.63) is 0 Å². The molecule has 0 bridgehead atoms. The summed E-state index contributed by atoms with van der Waals surface area (Å²) in [6.45, 7) is 4.53. The molecule has 0 saturated heterocycles. The Morgan fingerprint density at radius 3 is 2.21 bits per heavy atom. The summed E-state index contributed by atoms with van der Waals surface area (Å²) < 4.78 is 0. The van der Waals surface area contributed by atoms with Crippen molar-refractivity contribution in [2.75, 3.05) is 13.1 Å². The molecule has 0 spiro atoms. The minimum atomic E-state index is -0.592. The molecule has 3 amide bonds. The van der Waals surface area contributed by atoms with Crippen LogP contribution in [0.4, 0.5) is 4.79 Å². The van der Waals surface area contributed by atoms with Crippen LogP contribution in [0.1, 0.15) is 13.8 Å². The summed E-state index contributed by atoms with van der Waals surface area (Å²) in [7, 11) is 0. The maximum absolute atomic E-state index is 11.3. The van der Waals surface area contributed by atoms with Crippen molar-refractivity contribution in [2.24, 2.45) is 11.7 Å². The molecule has 0 heterocycles. The molecule has 6 heteroatoms. The number of nitrogens with two attached hydrogens (primary N) is 1. The van der Waals surface area contributed by atoms with Gasteiger partial charge < -0.3 is 16.4 Å². The second-order valence-corrected chi connectivity index (χ2v) is 3.83. The zero-order valence-electron chi connectivity index (χ0n) is 8.41. The van der Waals surface area contributed by atoms with Gasteiger partial charge in [-0.2, -0.15) is 12.6 Å². The van der Waals surface area contributed by atoms with Crippen LogP contribution in [0.25, 0.3) is 0 Å². The normalized spacial score (nSPS) is 12.3. The van der Waals surface area contributed by atoms with Crippen molar-refractivity contribution in [3.8, 4) is 0 Å². The first-order chi connectivity index (χ1) is 6.45. The fourth-order valence-corrected chi connectivity index (χ4v) is 0.870. The van der Waals surface area contributed by atoms with Crippen molar-refractivity contribution in [3.63, 3.8) is 0 Å². The quantitative estimate of drug-likeness (QED) is 0.379. The molecule has 0 aliphatic rings. The van der Waals surface area contributed by atoms with Crippen LogP contribution in [0.2, 0.25) is 0 Å². The van der Waals surface area contributed by atoms with Gasteiger partial charge in [0, 0.05) is 13.1 Å². The molecule has 0 fully saturated rings. The smallest absolute Gasteiger partial charge is 0.312 e. The summed E-state index contributed by atoms with van der Waals surface area (Å²) in [5, 5.41) is 4.69. The van der Waals surface area contributed by atoms with Gasteiger partial charge in [0.05, 0.1) is 5.25 Å². The highest BCUT2D eigenvalue weighted by atomic mass is 32.1.